The lowest BCUT2D eigenvalue weighted by atomic mass is 10.0. The van der Waals surface area contributed by atoms with Gasteiger partial charge in [-0.05, 0) is 33.6 Å². The molecule has 0 spiro atoms. The molecule has 0 amide bonds. The maximum Gasteiger partial charge on any atom is 0.226 e. The van der Waals surface area contributed by atoms with Crippen molar-refractivity contribution >= 4 is 0 Å². The van der Waals surface area contributed by atoms with Crippen molar-refractivity contribution in [3.05, 3.63) is 11.7 Å². The minimum atomic E-state index is -0.211. The Labute approximate surface area is 109 Å². The van der Waals surface area contributed by atoms with Gasteiger partial charge >= 0.3 is 0 Å². The number of aryl methyl sites for hydroxylation is 1. The first-order valence-electron chi connectivity index (χ1n) is 6.69. The van der Waals surface area contributed by atoms with E-state index in [9.17, 15) is 0 Å². The van der Waals surface area contributed by atoms with Crippen LogP contribution in [0.1, 0.15) is 64.8 Å². The second-order valence-corrected chi connectivity index (χ2v) is 5.27. The van der Waals surface area contributed by atoms with E-state index < -0.39 is 0 Å². The van der Waals surface area contributed by atoms with Crippen molar-refractivity contribution in [2.45, 2.75) is 65.0 Å². The van der Waals surface area contributed by atoms with Crippen LogP contribution in [0.5, 0.6) is 0 Å². The first kappa shape index (κ1) is 15.1. The Kier molecular flexibility index (Phi) is 5.75. The molecule has 0 aliphatic rings. The molecule has 1 rings (SSSR count). The third kappa shape index (κ3) is 5.14. The van der Waals surface area contributed by atoms with Crippen molar-refractivity contribution < 1.29 is 9.26 Å². The molecule has 0 aliphatic heterocycles. The fourth-order valence-electron chi connectivity index (χ4n) is 1.68. The topological polar surface area (TPSA) is 74.2 Å². The molecule has 1 aromatic rings. The molecule has 1 unspecified atom stereocenters. The van der Waals surface area contributed by atoms with Gasteiger partial charge in [0.05, 0.1) is 0 Å². The first-order valence-corrected chi connectivity index (χ1v) is 6.69. The van der Waals surface area contributed by atoms with E-state index in [4.69, 9.17) is 15.0 Å². The second-order valence-electron chi connectivity index (χ2n) is 5.27. The predicted octanol–water partition coefficient (Wildman–Crippen LogP) is 2.62. The lowest BCUT2D eigenvalue weighted by Crippen LogP contribution is -2.32. The molecule has 0 aromatic carbocycles. The summed E-state index contributed by atoms with van der Waals surface area (Å²) in [6, 6.07) is 0. The number of hydrogen-bond acceptors (Lipinski definition) is 5. The molecule has 1 aromatic heterocycles. The highest BCUT2D eigenvalue weighted by Gasteiger charge is 2.19. The molecule has 0 radical (unpaired) electrons. The summed E-state index contributed by atoms with van der Waals surface area (Å²) in [5.74, 6) is 1.30. The number of nitrogens with two attached hydrogens (primary N) is 1. The van der Waals surface area contributed by atoms with Crippen LogP contribution in [0.25, 0.3) is 0 Å². The van der Waals surface area contributed by atoms with E-state index in [1.54, 1.807) is 0 Å². The molecular weight excluding hydrogens is 230 g/mol. The van der Waals surface area contributed by atoms with Gasteiger partial charge in [-0.15, -0.1) is 0 Å². The molecule has 0 bridgehead atoms. The van der Waals surface area contributed by atoms with Crippen molar-refractivity contribution in [2.24, 2.45) is 5.73 Å². The van der Waals surface area contributed by atoms with Crippen LogP contribution in [0.4, 0.5) is 0 Å². The minimum absolute atomic E-state index is 0.0524. The molecule has 18 heavy (non-hydrogen) atoms. The minimum Gasteiger partial charge on any atom is -0.370 e. The lowest BCUT2D eigenvalue weighted by Gasteiger charge is -2.16. The quantitative estimate of drug-likeness (QED) is 0.773. The zero-order chi connectivity index (χ0) is 13.6. The van der Waals surface area contributed by atoms with Crippen molar-refractivity contribution in [1.82, 2.24) is 10.1 Å². The maximum absolute atomic E-state index is 5.93. The van der Waals surface area contributed by atoms with Crippen LogP contribution < -0.4 is 5.73 Å². The summed E-state index contributed by atoms with van der Waals surface area (Å²) in [4.78, 5) is 4.39. The lowest BCUT2D eigenvalue weighted by molar-refractivity contribution is 0.0477. The SMILES string of the molecule is CCCC(OCC)c1noc(CCC(C)(C)N)n1. The molecule has 0 saturated carbocycles. The van der Waals surface area contributed by atoms with Crippen LogP contribution in [0.3, 0.4) is 0 Å². The summed E-state index contributed by atoms with van der Waals surface area (Å²) < 4.78 is 10.9. The van der Waals surface area contributed by atoms with E-state index in [1.807, 2.05) is 20.8 Å². The van der Waals surface area contributed by atoms with E-state index >= 15 is 0 Å². The van der Waals surface area contributed by atoms with Crippen molar-refractivity contribution in [3.8, 4) is 0 Å². The van der Waals surface area contributed by atoms with Crippen LogP contribution in [-0.2, 0) is 11.2 Å². The largest absolute Gasteiger partial charge is 0.370 e. The monoisotopic (exact) mass is 255 g/mol. The van der Waals surface area contributed by atoms with Gasteiger partial charge in [0.1, 0.15) is 6.10 Å². The standard InChI is InChI=1S/C13H25N3O2/c1-5-7-10(17-6-2)12-15-11(18-16-12)8-9-13(3,4)14/h10H,5-9,14H2,1-4H3. The molecule has 0 saturated heterocycles. The Balaban J connectivity index is 2.60. The number of hydrogen-bond donors (Lipinski definition) is 1. The normalized spacial score (nSPS) is 13.8. The van der Waals surface area contributed by atoms with Gasteiger partial charge in [0, 0.05) is 18.6 Å². The van der Waals surface area contributed by atoms with Gasteiger partial charge in [0.2, 0.25) is 11.7 Å². The Bertz CT molecular complexity index is 338. The van der Waals surface area contributed by atoms with Crippen molar-refractivity contribution in [1.29, 1.82) is 0 Å². The summed E-state index contributed by atoms with van der Waals surface area (Å²) in [5, 5.41) is 4.00. The number of aromatic nitrogens is 2. The van der Waals surface area contributed by atoms with Crippen LogP contribution in [-0.4, -0.2) is 22.3 Å². The van der Waals surface area contributed by atoms with Gasteiger partial charge in [-0.1, -0.05) is 18.5 Å². The van der Waals surface area contributed by atoms with Gasteiger partial charge < -0.3 is 15.0 Å². The summed E-state index contributed by atoms with van der Waals surface area (Å²) in [5.41, 5.74) is 5.72. The number of ether oxygens (including phenoxy) is 1. The Hall–Kier alpha value is -0.940. The average Bonchev–Trinajstić information content (AvgIpc) is 2.74. The van der Waals surface area contributed by atoms with Gasteiger partial charge in [-0.3, -0.25) is 0 Å². The fourth-order valence-corrected chi connectivity index (χ4v) is 1.68. The molecule has 5 heteroatoms. The number of rotatable bonds is 8. The molecule has 1 heterocycles. The smallest absolute Gasteiger partial charge is 0.226 e. The number of nitrogens with zero attached hydrogens (tertiary/aromatic N) is 2. The third-order valence-electron chi connectivity index (χ3n) is 2.67. The molecule has 2 N–H and O–H groups in total. The van der Waals surface area contributed by atoms with E-state index in [0.717, 1.165) is 19.3 Å². The van der Waals surface area contributed by atoms with Crippen LogP contribution in [0.15, 0.2) is 4.52 Å². The Morgan fingerprint density at radius 3 is 2.67 bits per heavy atom. The van der Waals surface area contributed by atoms with E-state index in [0.29, 0.717) is 24.7 Å². The van der Waals surface area contributed by atoms with Crippen LogP contribution >= 0.6 is 0 Å². The summed E-state index contributed by atoms with van der Waals surface area (Å²) >= 11 is 0. The fraction of sp³-hybridized carbons (Fsp3) is 0.846. The highest BCUT2D eigenvalue weighted by atomic mass is 16.5. The van der Waals surface area contributed by atoms with Crippen molar-refractivity contribution in [2.75, 3.05) is 6.61 Å². The molecule has 104 valence electrons. The zero-order valence-corrected chi connectivity index (χ0v) is 11.9. The first-order chi connectivity index (χ1) is 8.46. The maximum atomic E-state index is 5.93. The zero-order valence-electron chi connectivity index (χ0n) is 11.9. The van der Waals surface area contributed by atoms with E-state index in [1.165, 1.54) is 0 Å². The van der Waals surface area contributed by atoms with E-state index in [-0.39, 0.29) is 11.6 Å². The highest BCUT2D eigenvalue weighted by molar-refractivity contribution is 4.92. The second kappa shape index (κ2) is 6.85. The molecule has 5 nitrogen and oxygen atoms in total. The summed E-state index contributed by atoms with van der Waals surface area (Å²) in [6.07, 6.45) is 3.42. The predicted molar refractivity (Wildman–Crippen MR) is 70.2 cm³/mol. The summed E-state index contributed by atoms with van der Waals surface area (Å²) in [7, 11) is 0. The highest BCUT2D eigenvalue weighted by Crippen LogP contribution is 2.20. The Morgan fingerprint density at radius 2 is 2.11 bits per heavy atom. The average molecular weight is 255 g/mol. The molecule has 0 fully saturated rings. The van der Waals surface area contributed by atoms with Crippen LogP contribution in [0.2, 0.25) is 0 Å². The van der Waals surface area contributed by atoms with Crippen LogP contribution in [0, 0.1) is 0 Å². The summed E-state index contributed by atoms with van der Waals surface area (Å²) in [6.45, 7) is 8.73. The Morgan fingerprint density at radius 1 is 1.39 bits per heavy atom. The van der Waals surface area contributed by atoms with Gasteiger partial charge in [-0.2, -0.15) is 4.98 Å². The van der Waals surface area contributed by atoms with Gasteiger partial charge in [0.15, 0.2) is 0 Å². The van der Waals surface area contributed by atoms with Gasteiger partial charge in [-0.25, -0.2) is 0 Å². The molecule has 1 atom stereocenters. The third-order valence-corrected chi connectivity index (χ3v) is 2.67. The van der Waals surface area contributed by atoms with E-state index in [2.05, 4.69) is 17.1 Å². The molecular formula is C13H25N3O2. The van der Waals surface area contributed by atoms with Gasteiger partial charge in [0.25, 0.3) is 0 Å². The molecule has 0 aliphatic carbocycles. The van der Waals surface area contributed by atoms with Crippen molar-refractivity contribution in [3.63, 3.8) is 0 Å².